The molecule has 1 aliphatic rings. The number of benzene rings is 1. The minimum absolute atomic E-state index is 0.478. The zero-order chi connectivity index (χ0) is 13.1. The molecule has 3 rings (SSSR count). The molecule has 0 amide bonds. The summed E-state index contributed by atoms with van der Waals surface area (Å²) in [5.41, 5.74) is 3.88. The number of halogens is 1. The van der Waals surface area contributed by atoms with Gasteiger partial charge in [0.25, 0.3) is 0 Å². The number of hydrogen-bond acceptors (Lipinski definition) is 2. The van der Waals surface area contributed by atoms with Crippen molar-refractivity contribution in [2.75, 3.05) is 0 Å². The van der Waals surface area contributed by atoms with Crippen molar-refractivity contribution in [2.24, 2.45) is 0 Å². The summed E-state index contributed by atoms with van der Waals surface area (Å²) < 4.78 is 5.79. The van der Waals surface area contributed by atoms with E-state index in [9.17, 15) is 0 Å². The minimum atomic E-state index is 0.478. The van der Waals surface area contributed by atoms with Crippen molar-refractivity contribution < 1.29 is 4.74 Å². The molecular formula is C16H16ClNO. The molecule has 2 aromatic rings. The fourth-order valence-corrected chi connectivity index (χ4v) is 2.60. The maximum atomic E-state index is 5.79. The number of aromatic nitrogens is 1. The van der Waals surface area contributed by atoms with Gasteiger partial charge >= 0.3 is 0 Å². The molecule has 98 valence electrons. The number of pyridine rings is 1. The van der Waals surface area contributed by atoms with Crippen LogP contribution in [-0.2, 0) is 18.7 Å². The number of alkyl halides is 1. The van der Waals surface area contributed by atoms with Gasteiger partial charge in [0, 0.05) is 18.1 Å². The molecule has 1 aliphatic carbocycles. The summed E-state index contributed by atoms with van der Waals surface area (Å²) >= 11 is 5.74. The molecule has 3 heteroatoms. The normalized spacial score (nSPS) is 13.9. The van der Waals surface area contributed by atoms with Crippen LogP contribution in [-0.4, -0.2) is 4.98 Å². The van der Waals surface area contributed by atoms with E-state index >= 15 is 0 Å². The highest BCUT2D eigenvalue weighted by atomic mass is 35.5. The first-order valence-corrected chi connectivity index (χ1v) is 7.19. The molecule has 0 saturated heterocycles. The SMILES string of the molecule is ClCc1ccc(Oc2ccc3c(c2)CCCC3)nc1. The van der Waals surface area contributed by atoms with E-state index in [-0.39, 0.29) is 0 Å². The fourth-order valence-electron chi connectivity index (χ4n) is 2.44. The maximum absolute atomic E-state index is 5.79. The zero-order valence-corrected chi connectivity index (χ0v) is 11.5. The summed E-state index contributed by atoms with van der Waals surface area (Å²) in [6, 6.07) is 10.1. The lowest BCUT2D eigenvalue weighted by Crippen LogP contribution is -2.02. The molecule has 1 heterocycles. The highest BCUT2D eigenvalue weighted by Gasteiger charge is 2.10. The molecule has 0 radical (unpaired) electrons. The van der Waals surface area contributed by atoms with Gasteiger partial charge in [0.1, 0.15) is 5.75 Å². The predicted octanol–water partition coefficient (Wildman–Crippen LogP) is 4.49. The Bertz CT molecular complexity index is 565. The molecule has 0 atom stereocenters. The third-order valence-electron chi connectivity index (χ3n) is 3.49. The van der Waals surface area contributed by atoms with Crippen LogP contribution in [0.1, 0.15) is 29.5 Å². The van der Waals surface area contributed by atoms with Crippen molar-refractivity contribution in [3.05, 3.63) is 53.2 Å². The molecule has 0 N–H and O–H groups in total. The van der Waals surface area contributed by atoms with Crippen LogP contribution < -0.4 is 4.74 Å². The summed E-state index contributed by atoms with van der Waals surface area (Å²) in [5, 5.41) is 0. The van der Waals surface area contributed by atoms with E-state index in [1.807, 2.05) is 18.2 Å². The van der Waals surface area contributed by atoms with Gasteiger partial charge in [-0.3, -0.25) is 0 Å². The summed E-state index contributed by atoms with van der Waals surface area (Å²) in [6.07, 6.45) is 6.68. The molecule has 2 nitrogen and oxygen atoms in total. The second-order valence-electron chi connectivity index (χ2n) is 4.88. The maximum Gasteiger partial charge on any atom is 0.219 e. The second kappa shape index (κ2) is 5.62. The fraction of sp³-hybridized carbons (Fsp3) is 0.312. The second-order valence-corrected chi connectivity index (χ2v) is 5.15. The van der Waals surface area contributed by atoms with Gasteiger partial charge in [0.15, 0.2) is 0 Å². The summed E-state index contributed by atoms with van der Waals surface area (Å²) in [6.45, 7) is 0. The Hall–Kier alpha value is -1.54. The lowest BCUT2D eigenvalue weighted by molar-refractivity contribution is 0.461. The van der Waals surface area contributed by atoms with E-state index in [1.54, 1.807) is 6.20 Å². The molecule has 0 saturated carbocycles. The molecule has 1 aromatic carbocycles. The highest BCUT2D eigenvalue weighted by molar-refractivity contribution is 6.17. The van der Waals surface area contributed by atoms with Crippen LogP contribution in [0.2, 0.25) is 0 Å². The van der Waals surface area contributed by atoms with Crippen LogP contribution in [0.3, 0.4) is 0 Å². The number of nitrogens with zero attached hydrogens (tertiary/aromatic N) is 1. The van der Waals surface area contributed by atoms with Gasteiger partial charge in [-0.25, -0.2) is 4.98 Å². The Balaban J connectivity index is 1.78. The molecule has 0 fully saturated rings. The Morgan fingerprint density at radius 2 is 1.89 bits per heavy atom. The Kier molecular flexibility index (Phi) is 3.69. The van der Waals surface area contributed by atoms with Crippen molar-refractivity contribution in [3.8, 4) is 11.6 Å². The standard InChI is InChI=1S/C16H16ClNO/c17-10-12-5-8-16(18-11-12)19-15-7-6-13-3-1-2-4-14(13)9-15/h5-9,11H,1-4,10H2. The minimum Gasteiger partial charge on any atom is -0.439 e. The Morgan fingerprint density at radius 3 is 2.63 bits per heavy atom. The predicted molar refractivity (Wildman–Crippen MR) is 77.0 cm³/mol. The van der Waals surface area contributed by atoms with Crippen LogP contribution in [0.5, 0.6) is 11.6 Å². The lowest BCUT2D eigenvalue weighted by Gasteiger charge is -2.16. The number of rotatable bonds is 3. The zero-order valence-electron chi connectivity index (χ0n) is 10.7. The van der Waals surface area contributed by atoms with Gasteiger partial charge in [-0.2, -0.15) is 0 Å². The van der Waals surface area contributed by atoms with Crippen molar-refractivity contribution in [2.45, 2.75) is 31.6 Å². The summed E-state index contributed by atoms with van der Waals surface area (Å²) in [5.74, 6) is 1.96. The first-order chi connectivity index (χ1) is 9.35. The highest BCUT2D eigenvalue weighted by Crippen LogP contribution is 2.27. The molecule has 0 bridgehead atoms. The van der Waals surface area contributed by atoms with Crippen molar-refractivity contribution in [1.82, 2.24) is 4.98 Å². The van der Waals surface area contributed by atoms with Gasteiger partial charge in [-0.05, 0) is 54.5 Å². The summed E-state index contributed by atoms with van der Waals surface area (Å²) in [7, 11) is 0. The number of hydrogen-bond donors (Lipinski definition) is 0. The third-order valence-corrected chi connectivity index (χ3v) is 3.80. The van der Waals surface area contributed by atoms with Crippen LogP contribution >= 0.6 is 11.6 Å². The van der Waals surface area contributed by atoms with Gasteiger partial charge in [0.05, 0.1) is 0 Å². The quantitative estimate of drug-likeness (QED) is 0.769. The Labute approximate surface area is 118 Å². The van der Waals surface area contributed by atoms with E-state index in [1.165, 1.54) is 30.4 Å². The van der Waals surface area contributed by atoms with Crippen LogP contribution in [0.4, 0.5) is 0 Å². The van der Waals surface area contributed by atoms with Crippen molar-refractivity contribution >= 4 is 11.6 Å². The van der Waals surface area contributed by atoms with Gasteiger partial charge in [-0.15, -0.1) is 11.6 Å². The third kappa shape index (κ3) is 2.90. The number of ether oxygens (including phenoxy) is 1. The Morgan fingerprint density at radius 1 is 1.05 bits per heavy atom. The monoisotopic (exact) mass is 273 g/mol. The van der Waals surface area contributed by atoms with E-state index in [4.69, 9.17) is 16.3 Å². The average molecular weight is 274 g/mol. The largest absolute Gasteiger partial charge is 0.439 e. The number of aryl methyl sites for hydroxylation is 2. The topological polar surface area (TPSA) is 22.1 Å². The van der Waals surface area contributed by atoms with Crippen LogP contribution in [0.15, 0.2) is 36.5 Å². The summed E-state index contributed by atoms with van der Waals surface area (Å²) in [4.78, 5) is 4.25. The average Bonchev–Trinajstić information content (AvgIpc) is 2.48. The smallest absolute Gasteiger partial charge is 0.219 e. The van der Waals surface area contributed by atoms with Gasteiger partial charge in [0.2, 0.25) is 5.88 Å². The molecule has 0 unspecified atom stereocenters. The van der Waals surface area contributed by atoms with Crippen LogP contribution in [0, 0.1) is 0 Å². The van der Waals surface area contributed by atoms with Crippen molar-refractivity contribution in [3.63, 3.8) is 0 Å². The van der Waals surface area contributed by atoms with E-state index < -0.39 is 0 Å². The lowest BCUT2D eigenvalue weighted by atomic mass is 9.92. The number of fused-ring (bicyclic) bond motifs is 1. The van der Waals surface area contributed by atoms with Gasteiger partial charge in [-0.1, -0.05) is 12.1 Å². The van der Waals surface area contributed by atoms with E-state index in [0.29, 0.717) is 11.8 Å². The van der Waals surface area contributed by atoms with E-state index in [2.05, 4.69) is 17.1 Å². The molecule has 0 aliphatic heterocycles. The van der Waals surface area contributed by atoms with Crippen molar-refractivity contribution in [1.29, 1.82) is 0 Å². The van der Waals surface area contributed by atoms with Crippen LogP contribution in [0.25, 0.3) is 0 Å². The molecular weight excluding hydrogens is 258 g/mol. The molecule has 0 spiro atoms. The van der Waals surface area contributed by atoms with Gasteiger partial charge < -0.3 is 4.74 Å². The molecule has 1 aromatic heterocycles. The van der Waals surface area contributed by atoms with E-state index in [0.717, 1.165) is 17.7 Å². The first-order valence-electron chi connectivity index (χ1n) is 6.66. The molecule has 19 heavy (non-hydrogen) atoms. The first kappa shape index (κ1) is 12.5.